The Morgan fingerprint density at radius 3 is 2.53 bits per heavy atom. The second-order valence-electron chi connectivity index (χ2n) is 7.17. The summed E-state index contributed by atoms with van der Waals surface area (Å²) in [6.45, 7) is 2.67. The van der Waals surface area contributed by atoms with Gasteiger partial charge in [-0.05, 0) is 55.0 Å². The number of benzene rings is 3. The third-order valence-electron chi connectivity index (χ3n) is 5.05. The molecule has 1 aliphatic rings. The molecule has 2 amide bonds. The fourth-order valence-corrected chi connectivity index (χ4v) is 3.64. The Balaban J connectivity index is 1.55. The third kappa shape index (κ3) is 3.89. The van der Waals surface area contributed by atoms with Gasteiger partial charge < -0.3 is 15.5 Å². The van der Waals surface area contributed by atoms with Gasteiger partial charge >= 0.3 is 0 Å². The molecule has 6 heteroatoms. The Kier molecular flexibility index (Phi) is 5.48. The summed E-state index contributed by atoms with van der Waals surface area (Å²) in [5.74, 6) is -0.643. The molecule has 0 radical (unpaired) electrons. The van der Waals surface area contributed by atoms with Gasteiger partial charge in [0, 0.05) is 34.6 Å². The fraction of sp³-hybridized carbons (Fsp3) is 0.167. The van der Waals surface area contributed by atoms with E-state index >= 15 is 0 Å². The van der Waals surface area contributed by atoms with Crippen molar-refractivity contribution in [2.45, 2.75) is 19.5 Å². The molecule has 4 rings (SSSR count). The summed E-state index contributed by atoms with van der Waals surface area (Å²) < 4.78 is 13.1. The molecule has 2 N–H and O–H groups in total. The van der Waals surface area contributed by atoms with Crippen LogP contribution in [0.3, 0.4) is 0 Å². The average Bonchev–Trinajstić information content (AvgIpc) is 3.02. The van der Waals surface area contributed by atoms with Gasteiger partial charge in [-0.15, -0.1) is 0 Å². The van der Waals surface area contributed by atoms with Crippen LogP contribution in [0, 0.1) is 5.82 Å². The predicted molar refractivity (Wildman–Crippen MR) is 115 cm³/mol. The number of carbonyl (C=O) groups excluding carboxylic acids is 2. The van der Waals surface area contributed by atoms with E-state index < -0.39 is 0 Å². The van der Waals surface area contributed by atoms with E-state index in [4.69, 9.17) is 0 Å². The summed E-state index contributed by atoms with van der Waals surface area (Å²) in [7, 11) is 0. The van der Waals surface area contributed by atoms with E-state index in [1.165, 1.54) is 24.3 Å². The molecule has 0 saturated carbocycles. The minimum Gasteiger partial charge on any atom is -0.361 e. The van der Waals surface area contributed by atoms with Gasteiger partial charge in [-0.25, -0.2) is 4.39 Å². The molecule has 0 fully saturated rings. The van der Waals surface area contributed by atoms with Gasteiger partial charge in [0.2, 0.25) is 0 Å². The van der Waals surface area contributed by atoms with E-state index in [9.17, 15) is 14.0 Å². The van der Waals surface area contributed by atoms with E-state index in [0.29, 0.717) is 23.4 Å². The number of carbonyl (C=O) groups is 2. The van der Waals surface area contributed by atoms with Crippen molar-refractivity contribution in [1.82, 2.24) is 4.90 Å². The Bertz CT molecular complexity index is 1080. The Morgan fingerprint density at radius 2 is 1.77 bits per heavy atom. The summed E-state index contributed by atoms with van der Waals surface area (Å²) >= 11 is 0. The van der Waals surface area contributed by atoms with Crippen molar-refractivity contribution in [3.05, 3.63) is 95.3 Å². The molecule has 0 bridgehead atoms. The summed E-state index contributed by atoms with van der Waals surface area (Å²) in [6.07, 6.45) is 0.557. The van der Waals surface area contributed by atoms with Crippen LogP contribution in [0.25, 0.3) is 0 Å². The van der Waals surface area contributed by atoms with E-state index in [0.717, 1.165) is 17.7 Å². The molecule has 0 aromatic heterocycles. The quantitative estimate of drug-likeness (QED) is 0.605. The van der Waals surface area contributed by atoms with Gasteiger partial charge in [-0.1, -0.05) is 31.2 Å². The van der Waals surface area contributed by atoms with Gasteiger partial charge in [0.15, 0.2) is 0 Å². The van der Waals surface area contributed by atoms with E-state index in [-0.39, 0.29) is 23.8 Å². The Labute approximate surface area is 174 Å². The second-order valence-corrected chi connectivity index (χ2v) is 7.17. The summed E-state index contributed by atoms with van der Waals surface area (Å²) in [6, 6.07) is 20.3. The van der Waals surface area contributed by atoms with Crippen molar-refractivity contribution in [2.24, 2.45) is 0 Å². The topological polar surface area (TPSA) is 61.4 Å². The monoisotopic (exact) mass is 403 g/mol. The number of hydrogen-bond acceptors (Lipinski definition) is 3. The highest BCUT2D eigenvalue weighted by atomic mass is 19.1. The maximum absolute atomic E-state index is 13.1. The van der Waals surface area contributed by atoms with Crippen LogP contribution < -0.4 is 10.6 Å². The molecule has 1 atom stereocenters. The van der Waals surface area contributed by atoms with Gasteiger partial charge in [0.1, 0.15) is 12.0 Å². The molecule has 0 saturated heterocycles. The van der Waals surface area contributed by atoms with Crippen molar-refractivity contribution in [3.8, 4) is 0 Å². The molecular weight excluding hydrogens is 381 g/mol. The van der Waals surface area contributed by atoms with Crippen LogP contribution in [0.2, 0.25) is 0 Å². The highest BCUT2D eigenvalue weighted by Gasteiger charge is 2.35. The van der Waals surface area contributed by atoms with Crippen LogP contribution in [0.4, 0.5) is 15.8 Å². The van der Waals surface area contributed by atoms with Crippen molar-refractivity contribution in [1.29, 1.82) is 0 Å². The van der Waals surface area contributed by atoms with Crippen molar-refractivity contribution in [2.75, 3.05) is 17.2 Å². The summed E-state index contributed by atoms with van der Waals surface area (Å²) in [5.41, 5.74) is 3.34. The number of hydrogen-bond donors (Lipinski definition) is 2. The lowest BCUT2D eigenvalue weighted by molar-refractivity contribution is 0.0743. The first kappa shape index (κ1) is 19.6. The lowest BCUT2D eigenvalue weighted by Crippen LogP contribution is -2.33. The third-order valence-corrected chi connectivity index (χ3v) is 5.05. The number of halogens is 1. The van der Waals surface area contributed by atoms with Crippen LogP contribution in [0.15, 0.2) is 72.8 Å². The van der Waals surface area contributed by atoms with Gasteiger partial charge in [0.25, 0.3) is 11.8 Å². The molecule has 0 spiro atoms. The van der Waals surface area contributed by atoms with Crippen LogP contribution in [-0.2, 0) is 0 Å². The lowest BCUT2D eigenvalue weighted by Gasteiger charge is -2.27. The first-order chi connectivity index (χ1) is 14.6. The number of anilines is 2. The zero-order valence-electron chi connectivity index (χ0n) is 16.6. The van der Waals surface area contributed by atoms with Gasteiger partial charge in [0.05, 0.1) is 0 Å². The Hall–Kier alpha value is -3.67. The molecule has 5 nitrogen and oxygen atoms in total. The summed E-state index contributed by atoms with van der Waals surface area (Å²) in [5, 5.41) is 6.16. The molecule has 152 valence electrons. The zero-order valence-corrected chi connectivity index (χ0v) is 16.6. The summed E-state index contributed by atoms with van der Waals surface area (Å²) in [4.78, 5) is 27.2. The van der Waals surface area contributed by atoms with Crippen molar-refractivity contribution >= 4 is 23.2 Å². The molecule has 1 aliphatic heterocycles. The fourth-order valence-electron chi connectivity index (χ4n) is 3.64. The van der Waals surface area contributed by atoms with Crippen LogP contribution in [0.1, 0.15) is 45.8 Å². The van der Waals surface area contributed by atoms with Crippen LogP contribution >= 0.6 is 0 Å². The molecular formula is C24H22FN3O2. The molecule has 0 unspecified atom stereocenters. The number of nitrogens with one attached hydrogen (secondary N) is 2. The van der Waals surface area contributed by atoms with E-state index in [1.54, 1.807) is 18.2 Å². The van der Waals surface area contributed by atoms with Crippen molar-refractivity contribution < 1.29 is 14.0 Å². The average molecular weight is 403 g/mol. The molecule has 3 aromatic rings. The lowest BCUT2D eigenvalue weighted by atomic mass is 10.1. The second kappa shape index (κ2) is 8.37. The SMILES string of the molecule is CCCN1C(=O)c2ccccc2[C@@H]1Nc1cccc(C(=O)Nc2ccc(F)cc2)c1. The molecule has 1 heterocycles. The van der Waals surface area contributed by atoms with E-state index in [1.807, 2.05) is 42.2 Å². The first-order valence-corrected chi connectivity index (χ1v) is 9.90. The molecule has 0 aliphatic carbocycles. The first-order valence-electron chi connectivity index (χ1n) is 9.90. The zero-order chi connectivity index (χ0) is 21.1. The minimum atomic E-state index is -0.359. The van der Waals surface area contributed by atoms with Gasteiger partial charge in [-0.2, -0.15) is 0 Å². The number of fused-ring (bicyclic) bond motifs is 1. The molecule has 30 heavy (non-hydrogen) atoms. The highest BCUT2D eigenvalue weighted by molar-refractivity contribution is 6.05. The van der Waals surface area contributed by atoms with Crippen LogP contribution in [-0.4, -0.2) is 23.3 Å². The number of nitrogens with zero attached hydrogens (tertiary/aromatic N) is 1. The number of rotatable bonds is 6. The maximum atomic E-state index is 13.1. The maximum Gasteiger partial charge on any atom is 0.256 e. The molecule has 3 aromatic carbocycles. The Morgan fingerprint density at radius 1 is 1.00 bits per heavy atom. The van der Waals surface area contributed by atoms with Gasteiger partial charge in [-0.3, -0.25) is 9.59 Å². The standard InChI is InChI=1S/C24H22FN3O2/c1-2-14-28-22(20-8-3-4-9-21(20)24(28)30)26-19-7-5-6-16(15-19)23(29)27-18-12-10-17(25)11-13-18/h3-13,15,22,26H,2,14H2,1H3,(H,27,29)/t22-/m1/s1. The minimum absolute atomic E-state index is 0.00941. The largest absolute Gasteiger partial charge is 0.361 e. The van der Waals surface area contributed by atoms with E-state index in [2.05, 4.69) is 10.6 Å². The normalized spacial score (nSPS) is 15.1. The smallest absolute Gasteiger partial charge is 0.256 e. The number of amides is 2. The predicted octanol–water partition coefficient (Wildman–Crippen LogP) is 5.05. The highest BCUT2D eigenvalue weighted by Crippen LogP contribution is 2.34. The van der Waals surface area contributed by atoms with Crippen LogP contribution in [0.5, 0.6) is 0 Å². The van der Waals surface area contributed by atoms with Crippen molar-refractivity contribution in [3.63, 3.8) is 0 Å².